The molecule has 1 aromatic rings. The molecule has 0 fully saturated rings. The molecule has 2 heterocycles. The zero-order valence-electron chi connectivity index (χ0n) is 10.0. The lowest BCUT2D eigenvalue weighted by Gasteiger charge is -2.25. The molecule has 90 valence electrons. The van der Waals surface area contributed by atoms with Crippen LogP contribution in [0.5, 0.6) is 0 Å². The van der Waals surface area contributed by atoms with E-state index in [1.54, 1.807) is 11.2 Å². The van der Waals surface area contributed by atoms with Crippen LogP contribution in [0, 0.1) is 0 Å². The number of dihydropyridines is 1. The number of aromatic nitrogens is 1. The van der Waals surface area contributed by atoms with Crippen molar-refractivity contribution in [2.45, 2.75) is 13.0 Å². The van der Waals surface area contributed by atoms with E-state index in [0.717, 1.165) is 17.9 Å². The van der Waals surface area contributed by atoms with Crippen LogP contribution in [0.3, 0.4) is 0 Å². The van der Waals surface area contributed by atoms with Gasteiger partial charge in [-0.05, 0) is 25.1 Å². The van der Waals surface area contributed by atoms with Crippen molar-refractivity contribution in [3.05, 3.63) is 54.0 Å². The number of nitrogens with one attached hydrogen (secondary N) is 1. The summed E-state index contributed by atoms with van der Waals surface area (Å²) in [6, 6.07) is 5.98. The summed E-state index contributed by atoms with van der Waals surface area (Å²) in [7, 11) is 0. The molecule has 1 aromatic heterocycles. The molecule has 0 aliphatic carbocycles. The van der Waals surface area contributed by atoms with Crippen LogP contribution in [0.25, 0.3) is 0 Å². The van der Waals surface area contributed by atoms with Gasteiger partial charge in [-0.25, -0.2) is 5.01 Å². The Bertz CT molecular complexity index is 411. The van der Waals surface area contributed by atoms with E-state index < -0.39 is 0 Å². The zero-order chi connectivity index (χ0) is 12.1. The van der Waals surface area contributed by atoms with Gasteiger partial charge in [0.15, 0.2) is 0 Å². The van der Waals surface area contributed by atoms with Gasteiger partial charge in [-0.2, -0.15) is 0 Å². The van der Waals surface area contributed by atoms with Gasteiger partial charge in [0.05, 0.1) is 18.3 Å². The molecule has 4 heteroatoms. The summed E-state index contributed by atoms with van der Waals surface area (Å²) in [5.74, 6) is 6.07. The Hall–Kier alpha value is -1.65. The number of nitrogens with two attached hydrogens (primary N) is 1. The third-order valence-corrected chi connectivity index (χ3v) is 2.85. The second-order valence-electron chi connectivity index (χ2n) is 4.10. The maximum absolute atomic E-state index is 6.07. The maximum atomic E-state index is 6.07. The fourth-order valence-corrected chi connectivity index (χ4v) is 1.74. The van der Waals surface area contributed by atoms with E-state index in [1.807, 2.05) is 24.3 Å². The van der Waals surface area contributed by atoms with Crippen LogP contribution < -0.4 is 11.2 Å². The van der Waals surface area contributed by atoms with Gasteiger partial charge in [0, 0.05) is 18.4 Å². The predicted octanol–water partition coefficient (Wildman–Crippen LogP) is 1.36. The van der Waals surface area contributed by atoms with Gasteiger partial charge in [0.1, 0.15) is 0 Å². The first-order valence-electron chi connectivity index (χ1n) is 5.79. The molecular formula is C13H18N4. The predicted molar refractivity (Wildman–Crippen MR) is 68.8 cm³/mol. The fourth-order valence-electron chi connectivity index (χ4n) is 1.74. The Labute approximate surface area is 102 Å². The summed E-state index contributed by atoms with van der Waals surface area (Å²) >= 11 is 0. The fraction of sp³-hybridized carbons (Fsp3) is 0.308. The van der Waals surface area contributed by atoms with Crippen molar-refractivity contribution in [1.29, 1.82) is 0 Å². The summed E-state index contributed by atoms with van der Waals surface area (Å²) in [5, 5.41) is 5.08. The van der Waals surface area contributed by atoms with Gasteiger partial charge >= 0.3 is 0 Å². The Kier molecular flexibility index (Phi) is 3.90. The van der Waals surface area contributed by atoms with Crippen LogP contribution in [0.1, 0.15) is 18.7 Å². The molecule has 0 radical (unpaired) electrons. The topological polar surface area (TPSA) is 54.2 Å². The first kappa shape index (κ1) is 11.8. The summed E-state index contributed by atoms with van der Waals surface area (Å²) in [6.45, 7) is 3.63. The second kappa shape index (κ2) is 5.61. The number of hydrogen-bond acceptors (Lipinski definition) is 4. The Morgan fingerprint density at radius 1 is 1.53 bits per heavy atom. The van der Waals surface area contributed by atoms with Crippen molar-refractivity contribution in [3.63, 3.8) is 0 Å². The van der Waals surface area contributed by atoms with E-state index in [9.17, 15) is 0 Å². The molecule has 17 heavy (non-hydrogen) atoms. The van der Waals surface area contributed by atoms with Gasteiger partial charge in [-0.15, -0.1) is 0 Å². The molecule has 3 N–H and O–H groups in total. The second-order valence-corrected chi connectivity index (χ2v) is 4.10. The van der Waals surface area contributed by atoms with Crippen LogP contribution in [-0.4, -0.2) is 23.1 Å². The highest BCUT2D eigenvalue weighted by Gasteiger charge is 2.14. The molecule has 1 aliphatic rings. The number of pyridine rings is 1. The van der Waals surface area contributed by atoms with Gasteiger partial charge in [0.2, 0.25) is 0 Å². The van der Waals surface area contributed by atoms with Crippen LogP contribution >= 0.6 is 0 Å². The van der Waals surface area contributed by atoms with Crippen molar-refractivity contribution in [2.24, 2.45) is 5.84 Å². The lowest BCUT2D eigenvalue weighted by atomic mass is 10.2. The minimum absolute atomic E-state index is 0.102. The number of rotatable bonds is 4. The smallest absolute Gasteiger partial charge is 0.0638 e. The highest BCUT2D eigenvalue weighted by molar-refractivity contribution is 5.18. The summed E-state index contributed by atoms with van der Waals surface area (Å²) < 4.78 is 0. The highest BCUT2D eigenvalue weighted by atomic mass is 15.4. The number of allylic oxidation sites excluding steroid dienone is 2. The molecule has 4 nitrogen and oxygen atoms in total. The van der Waals surface area contributed by atoms with Gasteiger partial charge in [-0.3, -0.25) is 10.8 Å². The quantitative estimate of drug-likeness (QED) is 0.606. The average molecular weight is 230 g/mol. The molecular weight excluding hydrogens is 212 g/mol. The molecule has 0 saturated carbocycles. The van der Waals surface area contributed by atoms with Crippen molar-refractivity contribution in [1.82, 2.24) is 15.3 Å². The molecule has 0 amide bonds. The van der Waals surface area contributed by atoms with Crippen molar-refractivity contribution < 1.29 is 0 Å². The Morgan fingerprint density at radius 2 is 2.41 bits per heavy atom. The minimum Gasteiger partial charge on any atom is -0.384 e. The van der Waals surface area contributed by atoms with E-state index >= 15 is 0 Å². The summed E-state index contributed by atoms with van der Waals surface area (Å²) in [6.07, 6.45) is 7.96. The molecule has 0 spiro atoms. The first-order valence-corrected chi connectivity index (χ1v) is 5.79. The van der Waals surface area contributed by atoms with Crippen molar-refractivity contribution in [2.75, 3.05) is 13.1 Å². The number of hydrazine groups is 1. The summed E-state index contributed by atoms with van der Waals surface area (Å²) in [5.41, 5.74) is 2.12. The van der Waals surface area contributed by atoms with Crippen molar-refractivity contribution >= 4 is 0 Å². The normalized spacial score (nSPS) is 16.5. The van der Waals surface area contributed by atoms with E-state index in [2.05, 4.69) is 29.4 Å². The molecule has 0 bridgehead atoms. The van der Waals surface area contributed by atoms with Crippen molar-refractivity contribution in [3.8, 4) is 0 Å². The van der Waals surface area contributed by atoms with Gasteiger partial charge in [-0.1, -0.05) is 18.2 Å². The number of hydrogen-bond donors (Lipinski definition) is 2. The SMILES string of the molecule is CC(c1ccccn1)N(N)CC1=CC=CCN1. The Balaban J connectivity index is 1.98. The van der Waals surface area contributed by atoms with Crippen LogP contribution in [-0.2, 0) is 0 Å². The molecule has 1 unspecified atom stereocenters. The van der Waals surface area contributed by atoms with E-state index in [4.69, 9.17) is 5.84 Å². The van der Waals surface area contributed by atoms with Gasteiger partial charge in [0.25, 0.3) is 0 Å². The third kappa shape index (κ3) is 3.15. The lowest BCUT2D eigenvalue weighted by molar-refractivity contribution is 0.227. The molecule has 1 atom stereocenters. The molecule has 0 aromatic carbocycles. The maximum Gasteiger partial charge on any atom is 0.0638 e. The third-order valence-electron chi connectivity index (χ3n) is 2.85. The molecule has 2 rings (SSSR count). The first-order chi connectivity index (χ1) is 8.27. The summed E-state index contributed by atoms with van der Waals surface area (Å²) in [4.78, 5) is 4.32. The molecule has 1 aliphatic heterocycles. The van der Waals surface area contributed by atoms with Crippen LogP contribution in [0.15, 0.2) is 48.3 Å². The minimum atomic E-state index is 0.102. The van der Waals surface area contributed by atoms with Crippen LogP contribution in [0.4, 0.5) is 0 Å². The van der Waals surface area contributed by atoms with Crippen LogP contribution in [0.2, 0.25) is 0 Å². The van der Waals surface area contributed by atoms with E-state index in [-0.39, 0.29) is 6.04 Å². The van der Waals surface area contributed by atoms with Gasteiger partial charge < -0.3 is 5.32 Å². The highest BCUT2D eigenvalue weighted by Crippen LogP contribution is 2.15. The standard InChI is InChI=1S/C13H18N4/c1-11(13-7-3-5-9-16-13)17(14)10-12-6-2-4-8-15-12/h2-7,9,11,15H,8,10,14H2,1H3. The zero-order valence-corrected chi connectivity index (χ0v) is 10.0. The average Bonchev–Trinajstić information content (AvgIpc) is 2.40. The van der Waals surface area contributed by atoms with E-state index in [1.165, 1.54) is 0 Å². The number of nitrogens with zero attached hydrogens (tertiary/aromatic N) is 2. The Morgan fingerprint density at radius 3 is 3.06 bits per heavy atom. The monoisotopic (exact) mass is 230 g/mol. The largest absolute Gasteiger partial charge is 0.384 e. The lowest BCUT2D eigenvalue weighted by Crippen LogP contribution is -2.38. The van der Waals surface area contributed by atoms with E-state index in [0.29, 0.717) is 6.54 Å². The molecule has 0 saturated heterocycles.